The van der Waals surface area contributed by atoms with Gasteiger partial charge in [0.1, 0.15) is 0 Å². The van der Waals surface area contributed by atoms with Crippen molar-refractivity contribution < 1.29 is 4.79 Å². The highest BCUT2D eigenvalue weighted by atomic mass is 32.2. The van der Waals surface area contributed by atoms with Crippen LogP contribution in [-0.2, 0) is 11.3 Å². The molecule has 1 saturated carbocycles. The van der Waals surface area contributed by atoms with Gasteiger partial charge in [-0.2, -0.15) is 0 Å². The molecule has 0 bridgehead atoms. The van der Waals surface area contributed by atoms with Crippen LogP contribution in [0.3, 0.4) is 0 Å². The Bertz CT molecular complexity index is 413. The van der Waals surface area contributed by atoms with Crippen LogP contribution in [0.15, 0.2) is 29.2 Å². The molecule has 1 fully saturated rings. The maximum Gasteiger partial charge on any atom is 0.230 e. The molecule has 20 heavy (non-hydrogen) atoms. The zero-order valence-corrected chi connectivity index (χ0v) is 13.0. The lowest BCUT2D eigenvalue weighted by atomic mass is 9.95. The SMILES string of the molecule is CNCc1ccc(SCC(=O)NC2CCCCC2)cc1. The summed E-state index contributed by atoms with van der Waals surface area (Å²) in [6.45, 7) is 0.882. The van der Waals surface area contributed by atoms with Crippen molar-refractivity contribution in [3.05, 3.63) is 29.8 Å². The number of benzene rings is 1. The van der Waals surface area contributed by atoms with E-state index < -0.39 is 0 Å². The van der Waals surface area contributed by atoms with Gasteiger partial charge in [-0.05, 0) is 37.6 Å². The summed E-state index contributed by atoms with van der Waals surface area (Å²) in [7, 11) is 1.94. The van der Waals surface area contributed by atoms with Crippen molar-refractivity contribution in [2.75, 3.05) is 12.8 Å². The molecular formula is C16H24N2OS. The number of rotatable bonds is 6. The minimum Gasteiger partial charge on any atom is -0.353 e. The molecule has 0 saturated heterocycles. The molecule has 0 aromatic heterocycles. The summed E-state index contributed by atoms with van der Waals surface area (Å²) in [6, 6.07) is 8.81. The molecule has 0 atom stereocenters. The van der Waals surface area contributed by atoms with Gasteiger partial charge in [-0.15, -0.1) is 11.8 Å². The highest BCUT2D eigenvalue weighted by molar-refractivity contribution is 8.00. The summed E-state index contributed by atoms with van der Waals surface area (Å²) in [5.41, 5.74) is 1.27. The van der Waals surface area contributed by atoms with E-state index in [9.17, 15) is 4.79 Å². The summed E-state index contributed by atoms with van der Waals surface area (Å²) >= 11 is 1.61. The number of hydrogen-bond acceptors (Lipinski definition) is 3. The van der Waals surface area contributed by atoms with Crippen LogP contribution in [0.2, 0.25) is 0 Å². The largest absolute Gasteiger partial charge is 0.353 e. The molecule has 2 N–H and O–H groups in total. The maximum atomic E-state index is 11.9. The van der Waals surface area contributed by atoms with Crippen molar-refractivity contribution in [2.24, 2.45) is 0 Å². The first-order valence-corrected chi connectivity index (χ1v) is 8.42. The lowest BCUT2D eigenvalue weighted by Gasteiger charge is -2.22. The fourth-order valence-corrected chi connectivity index (χ4v) is 3.28. The molecule has 0 heterocycles. The third kappa shape index (κ3) is 5.17. The van der Waals surface area contributed by atoms with E-state index in [1.165, 1.54) is 24.8 Å². The first-order valence-electron chi connectivity index (χ1n) is 7.43. The average molecular weight is 292 g/mol. The second kappa shape index (κ2) is 8.32. The maximum absolute atomic E-state index is 11.9. The van der Waals surface area contributed by atoms with Crippen molar-refractivity contribution in [3.8, 4) is 0 Å². The van der Waals surface area contributed by atoms with Crippen LogP contribution in [0.4, 0.5) is 0 Å². The first kappa shape index (κ1) is 15.4. The summed E-state index contributed by atoms with van der Waals surface area (Å²) in [6.07, 6.45) is 6.13. The van der Waals surface area contributed by atoms with Crippen molar-refractivity contribution in [2.45, 2.75) is 49.6 Å². The van der Waals surface area contributed by atoms with E-state index in [0.29, 0.717) is 11.8 Å². The molecule has 1 aromatic carbocycles. The molecule has 1 aliphatic carbocycles. The predicted molar refractivity (Wildman–Crippen MR) is 84.9 cm³/mol. The molecule has 110 valence electrons. The molecule has 3 nitrogen and oxygen atoms in total. The van der Waals surface area contributed by atoms with Gasteiger partial charge in [0, 0.05) is 17.5 Å². The van der Waals surface area contributed by atoms with Gasteiger partial charge in [0.2, 0.25) is 5.91 Å². The van der Waals surface area contributed by atoms with Crippen LogP contribution in [0.1, 0.15) is 37.7 Å². The Labute approximate surface area is 125 Å². The van der Waals surface area contributed by atoms with Gasteiger partial charge in [-0.1, -0.05) is 31.4 Å². The van der Waals surface area contributed by atoms with E-state index in [2.05, 4.69) is 34.9 Å². The molecule has 0 spiro atoms. The standard InChI is InChI=1S/C16H24N2OS/c1-17-11-13-7-9-15(10-8-13)20-12-16(19)18-14-5-3-2-4-6-14/h7-10,14,17H,2-6,11-12H2,1H3,(H,18,19). The molecule has 2 rings (SSSR count). The van der Waals surface area contributed by atoms with Crippen LogP contribution in [0.25, 0.3) is 0 Å². The molecular weight excluding hydrogens is 268 g/mol. The van der Waals surface area contributed by atoms with Crippen molar-refractivity contribution >= 4 is 17.7 Å². The minimum absolute atomic E-state index is 0.168. The second-order valence-corrected chi connectivity index (χ2v) is 6.41. The third-order valence-corrected chi connectivity index (χ3v) is 4.66. The van der Waals surface area contributed by atoms with Crippen LogP contribution in [0, 0.1) is 0 Å². The third-order valence-electron chi connectivity index (χ3n) is 3.64. The molecule has 1 amide bonds. The normalized spacial score (nSPS) is 16.1. The number of carbonyl (C=O) groups excluding carboxylic acids is 1. The Morgan fingerprint density at radius 1 is 1.20 bits per heavy atom. The lowest BCUT2D eigenvalue weighted by molar-refractivity contribution is -0.119. The van der Waals surface area contributed by atoms with E-state index in [4.69, 9.17) is 0 Å². The van der Waals surface area contributed by atoms with E-state index in [-0.39, 0.29) is 5.91 Å². The smallest absolute Gasteiger partial charge is 0.230 e. The Hall–Kier alpha value is -1.00. The quantitative estimate of drug-likeness (QED) is 0.792. The van der Waals surface area contributed by atoms with Gasteiger partial charge in [-0.25, -0.2) is 0 Å². The van der Waals surface area contributed by atoms with Gasteiger partial charge in [-0.3, -0.25) is 4.79 Å². The fourth-order valence-electron chi connectivity index (χ4n) is 2.57. The van der Waals surface area contributed by atoms with Crippen LogP contribution >= 0.6 is 11.8 Å². The zero-order chi connectivity index (χ0) is 14.2. The summed E-state index contributed by atoms with van der Waals surface area (Å²) < 4.78 is 0. The highest BCUT2D eigenvalue weighted by Crippen LogP contribution is 2.20. The summed E-state index contributed by atoms with van der Waals surface area (Å²) in [4.78, 5) is 13.1. The zero-order valence-electron chi connectivity index (χ0n) is 12.2. The van der Waals surface area contributed by atoms with Crippen molar-refractivity contribution in [1.82, 2.24) is 10.6 Å². The fraction of sp³-hybridized carbons (Fsp3) is 0.562. The van der Waals surface area contributed by atoms with E-state index in [1.54, 1.807) is 11.8 Å². The molecule has 0 radical (unpaired) electrons. The lowest BCUT2D eigenvalue weighted by Crippen LogP contribution is -2.37. The predicted octanol–water partition coefficient (Wildman–Crippen LogP) is 2.95. The molecule has 0 unspecified atom stereocenters. The first-order chi connectivity index (χ1) is 9.78. The van der Waals surface area contributed by atoms with Gasteiger partial charge in [0.05, 0.1) is 5.75 Å². The Balaban J connectivity index is 1.72. The molecule has 1 aliphatic rings. The van der Waals surface area contributed by atoms with Gasteiger partial charge >= 0.3 is 0 Å². The number of amides is 1. The number of hydrogen-bond donors (Lipinski definition) is 2. The Morgan fingerprint density at radius 2 is 1.90 bits per heavy atom. The van der Waals surface area contributed by atoms with Crippen LogP contribution < -0.4 is 10.6 Å². The number of nitrogens with one attached hydrogen (secondary N) is 2. The highest BCUT2D eigenvalue weighted by Gasteiger charge is 2.15. The van der Waals surface area contributed by atoms with Gasteiger partial charge in [0.25, 0.3) is 0 Å². The monoisotopic (exact) mass is 292 g/mol. The Morgan fingerprint density at radius 3 is 2.55 bits per heavy atom. The Kier molecular flexibility index (Phi) is 6.40. The van der Waals surface area contributed by atoms with Gasteiger partial charge in [0.15, 0.2) is 0 Å². The van der Waals surface area contributed by atoms with Crippen molar-refractivity contribution in [3.63, 3.8) is 0 Å². The average Bonchev–Trinajstić information content (AvgIpc) is 2.48. The van der Waals surface area contributed by atoms with Crippen molar-refractivity contribution in [1.29, 1.82) is 0 Å². The van der Waals surface area contributed by atoms with Crippen LogP contribution in [-0.4, -0.2) is 24.7 Å². The van der Waals surface area contributed by atoms with E-state index >= 15 is 0 Å². The van der Waals surface area contributed by atoms with Crippen LogP contribution in [0.5, 0.6) is 0 Å². The van der Waals surface area contributed by atoms with Gasteiger partial charge < -0.3 is 10.6 Å². The topological polar surface area (TPSA) is 41.1 Å². The molecule has 0 aliphatic heterocycles. The number of carbonyl (C=O) groups is 1. The summed E-state index contributed by atoms with van der Waals surface area (Å²) in [5.74, 6) is 0.684. The number of thioether (sulfide) groups is 1. The van der Waals surface area contributed by atoms with E-state index in [1.807, 2.05) is 7.05 Å². The summed E-state index contributed by atoms with van der Waals surface area (Å²) in [5, 5.41) is 6.28. The minimum atomic E-state index is 0.168. The molecule has 4 heteroatoms. The van der Waals surface area contributed by atoms with E-state index in [0.717, 1.165) is 24.3 Å². The second-order valence-electron chi connectivity index (χ2n) is 5.37. The molecule has 1 aromatic rings.